The molecule has 0 bridgehead atoms. The van der Waals surface area contributed by atoms with E-state index in [2.05, 4.69) is 25.7 Å². The Bertz CT molecular complexity index is 156. The Morgan fingerprint density at radius 2 is 1.71 bits per heavy atom. The molecule has 1 saturated heterocycles. The molecule has 0 amide bonds. The van der Waals surface area contributed by atoms with Gasteiger partial charge in [-0.15, -0.1) is 0 Å². The van der Waals surface area contributed by atoms with Gasteiger partial charge in [-0.05, 0) is 31.3 Å². The van der Waals surface area contributed by atoms with E-state index in [1.54, 1.807) is 0 Å². The zero-order chi connectivity index (χ0) is 10.6. The van der Waals surface area contributed by atoms with Gasteiger partial charge in [0.15, 0.2) is 0 Å². The van der Waals surface area contributed by atoms with Gasteiger partial charge in [0.25, 0.3) is 0 Å². The lowest BCUT2D eigenvalue weighted by atomic mass is 9.88. The molecular weight excluding hydrogens is 174 g/mol. The van der Waals surface area contributed by atoms with Crippen LogP contribution in [0.3, 0.4) is 0 Å². The monoisotopic (exact) mass is 199 g/mol. The molecule has 0 aromatic carbocycles. The van der Waals surface area contributed by atoms with Crippen LogP contribution >= 0.6 is 0 Å². The van der Waals surface area contributed by atoms with E-state index in [1.807, 2.05) is 7.11 Å². The highest BCUT2D eigenvalue weighted by molar-refractivity contribution is 4.79. The molecule has 0 radical (unpaired) electrons. The molecular formula is C12H25NO. The van der Waals surface area contributed by atoms with Crippen LogP contribution in [0.15, 0.2) is 0 Å². The van der Waals surface area contributed by atoms with Gasteiger partial charge >= 0.3 is 0 Å². The predicted octanol–water partition coefficient (Wildman–Crippen LogP) is 2.53. The third-order valence-electron chi connectivity index (χ3n) is 3.12. The number of piperidine rings is 1. The van der Waals surface area contributed by atoms with Crippen molar-refractivity contribution in [3.05, 3.63) is 0 Å². The molecule has 1 atom stereocenters. The fourth-order valence-electron chi connectivity index (χ4n) is 2.08. The van der Waals surface area contributed by atoms with Crippen molar-refractivity contribution in [1.29, 1.82) is 0 Å². The maximum Gasteiger partial charge on any atom is 0.0746 e. The van der Waals surface area contributed by atoms with E-state index in [9.17, 15) is 0 Å². The summed E-state index contributed by atoms with van der Waals surface area (Å²) in [4.78, 5) is 2.54. The first kappa shape index (κ1) is 12.0. The number of hydrogen-bond acceptors (Lipinski definition) is 2. The Morgan fingerprint density at radius 1 is 1.14 bits per heavy atom. The van der Waals surface area contributed by atoms with Gasteiger partial charge in [0.1, 0.15) is 0 Å². The van der Waals surface area contributed by atoms with Gasteiger partial charge in [-0.1, -0.05) is 27.2 Å². The number of methoxy groups -OCH3 is 1. The van der Waals surface area contributed by atoms with Gasteiger partial charge in [-0.2, -0.15) is 0 Å². The molecule has 2 heteroatoms. The molecule has 1 heterocycles. The highest BCUT2D eigenvalue weighted by Gasteiger charge is 2.26. The number of hydrogen-bond donors (Lipinski definition) is 0. The first-order valence-corrected chi connectivity index (χ1v) is 5.79. The molecule has 1 fully saturated rings. The number of nitrogens with zero attached hydrogens (tertiary/aromatic N) is 1. The minimum atomic E-state index is 0.256. The minimum absolute atomic E-state index is 0.256. The van der Waals surface area contributed by atoms with Crippen LogP contribution in [0.1, 0.15) is 40.0 Å². The van der Waals surface area contributed by atoms with Crippen molar-refractivity contribution in [2.45, 2.75) is 46.1 Å². The predicted molar refractivity (Wildman–Crippen MR) is 60.5 cm³/mol. The van der Waals surface area contributed by atoms with Crippen molar-refractivity contribution in [3.63, 3.8) is 0 Å². The molecule has 1 rings (SSSR count). The average Bonchev–Trinajstić information content (AvgIpc) is 2.14. The smallest absolute Gasteiger partial charge is 0.0746 e. The fraction of sp³-hybridized carbons (Fsp3) is 1.00. The standard InChI is InChI=1S/C12H25NO/c1-12(2,3)11(14-4)10-13-8-6-5-7-9-13/h11H,5-10H2,1-4H3. The summed E-state index contributed by atoms with van der Waals surface area (Å²) in [6, 6.07) is 0. The first-order chi connectivity index (χ1) is 6.54. The van der Waals surface area contributed by atoms with Gasteiger partial charge < -0.3 is 9.64 Å². The second kappa shape index (κ2) is 5.13. The van der Waals surface area contributed by atoms with Crippen LogP contribution in [0, 0.1) is 5.41 Å². The molecule has 1 aliphatic rings. The zero-order valence-corrected chi connectivity index (χ0v) is 10.2. The van der Waals surface area contributed by atoms with Crippen LogP contribution in [0.2, 0.25) is 0 Å². The molecule has 1 aliphatic heterocycles. The summed E-state index contributed by atoms with van der Waals surface area (Å²) in [7, 11) is 1.83. The lowest BCUT2D eigenvalue weighted by Gasteiger charge is -2.35. The molecule has 2 nitrogen and oxygen atoms in total. The van der Waals surface area contributed by atoms with Crippen LogP contribution in [0.25, 0.3) is 0 Å². The maximum absolute atomic E-state index is 5.58. The van der Waals surface area contributed by atoms with Crippen molar-refractivity contribution in [2.24, 2.45) is 5.41 Å². The SMILES string of the molecule is COC(CN1CCCCC1)C(C)(C)C. The van der Waals surface area contributed by atoms with E-state index in [0.29, 0.717) is 6.10 Å². The summed E-state index contributed by atoms with van der Waals surface area (Å²) >= 11 is 0. The van der Waals surface area contributed by atoms with Crippen LogP contribution in [0.5, 0.6) is 0 Å². The van der Waals surface area contributed by atoms with E-state index in [0.717, 1.165) is 6.54 Å². The number of rotatable bonds is 3. The van der Waals surface area contributed by atoms with Gasteiger partial charge in [0.2, 0.25) is 0 Å². The van der Waals surface area contributed by atoms with Crippen molar-refractivity contribution < 1.29 is 4.74 Å². The normalized spacial score (nSPS) is 22.3. The van der Waals surface area contributed by atoms with Crippen molar-refractivity contribution >= 4 is 0 Å². The molecule has 0 aliphatic carbocycles. The lowest BCUT2D eigenvalue weighted by Crippen LogP contribution is -2.42. The molecule has 0 saturated carbocycles. The summed E-state index contributed by atoms with van der Waals surface area (Å²) in [5.74, 6) is 0. The summed E-state index contributed by atoms with van der Waals surface area (Å²) in [5.41, 5.74) is 0.256. The molecule has 1 unspecified atom stereocenters. The topological polar surface area (TPSA) is 12.5 Å². The van der Waals surface area contributed by atoms with Gasteiger partial charge in [0.05, 0.1) is 6.10 Å². The summed E-state index contributed by atoms with van der Waals surface area (Å²) in [6.07, 6.45) is 4.49. The van der Waals surface area contributed by atoms with Crippen molar-refractivity contribution in [1.82, 2.24) is 4.90 Å². The summed E-state index contributed by atoms with van der Waals surface area (Å²) in [6.45, 7) is 10.4. The van der Waals surface area contributed by atoms with Crippen LogP contribution in [-0.4, -0.2) is 37.7 Å². The third kappa shape index (κ3) is 3.58. The second-order valence-corrected chi connectivity index (χ2v) is 5.45. The van der Waals surface area contributed by atoms with Crippen molar-refractivity contribution in [3.8, 4) is 0 Å². The third-order valence-corrected chi connectivity index (χ3v) is 3.12. The Hall–Kier alpha value is -0.0800. The zero-order valence-electron chi connectivity index (χ0n) is 10.2. The van der Waals surface area contributed by atoms with E-state index in [1.165, 1.54) is 32.4 Å². The molecule has 0 spiro atoms. The summed E-state index contributed by atoms with van der Waals surface area (Å²) in [5, 5.41) is 0. The van der Waals surface area contributed by atoms with Gasteiger partial charge in [-0.3, -0.25) is 0 Å². The molecule has 0 N–H and O–H groups in total. The molecule has 14 heavy (non-hydrogen) atoms. The highest BCUT2D eigenvalue weighted by atomic mass is 16.5. The van der Waals surface area contributed by atoms with Gasteiger partial charge in [0, 0.05) is 13.7 Å². The Balaban J connectivity index is 2.39. The lowest BCUT2D eigenvalue weighted by molar-refractivity contribution is -0.0120. The second-order valence-electron chi connectivity index (χ2n) is 5.45. The molecule has 0 aromatic heterocycles. The van der Waals surface area contributed by atoms with E-state index in [4.69, 9.17) is 4.74 Å². The molecule has 0 aromatic rings. The van der Waals surface area contributed by atoms with E-state index >= 15 is 0 Å². The van der Waals surface area contributed by atoms with E-state index in [-0.39, 0.29) is 5.41 Å². The fourth-order valence-corrected chi connectivity index (χ4v) is 2.08. The Morgan fingerprint density at radius 3 is 2.14 bits per heavy atom. The quantitative estimate of drug-likeness (QED) is 0.692. The maximum atomic E-state index is 5.58. The van der Waals surface area contributed by atoms with Gasteiger partial charge in [-0.25, -0.2) is 0 Å². The average molecular weight is 199 g/mol. The Labute approximate surface area is 88.6 Å². The summed E-state index contributed by atoms with van der Waals surface area (Å²) < 4.78 is 5.58. The van der Waals surface area contributed by atoms with E-state index < -0.39 is 0 Å². The highest BCUT2D eigenvalue weighted by Crippen LogP contribution is 2.23. The number of likely N-dealkylation sites (tertiary alicyclic amines) is 1. The number of ether oxygens (including phenoxy) is 1. The molecule has 84 valence electrons. The largest absolute Gasteiger partial charge is 0.380 e. The Kier molecular flexibility index (Phi) is 4.39. The van der Waals surface area contributed by atoms with Crippen molar-refractivity contribution in [2.75, 3.05) is 26.7 Å². The minimum Gasteiger partial charge on any atom is -0.380 e. The van der Waals surface area contributed by atoms with Crippen LogP contribution in [-0.2, 0) is 4.74 Å². The van der Waals surface area contributed by atoms with Crippen LogP contribution in [0.4, 0.5) is 0 Å². The first-order valence-electron chi connectivity index (χ1n) is 5.79. The van der Waals surface area contributed by atoms with Crippen LogP contribution < -0.4 is 0 Å².